The molecule has 0 amide bonds. The van der Waals surface area contributed by atoms with Crippen LogP contribution in [0.5, 0.6) is 0 Å². The number of hydrogen-bond donors (Lipinski definition) is 0. The maximum absolute atomic E-state index is 8.36. The summed E-state index contributed by atoms with van der Waals surface area (Å²) in [5, 5.41) is 1.10. The molecule has 5 aromatic rings. The monoisotopic (exact) mass is 519 g/mol. The molecule has 1 aliphatic carbocycles. The van der Waals surface area contributed by atoms with Crippen LogP contribution in [-0.4, -0.2) is 4.98 Å². The van der Waals surface area contributed by atoms with E-state index in [2.05, 4.69) is 50.9 Å². The Kier molecular flexibility index (Phi) is 4.19. The molecule has 0 unspecified atom stereocenters. The summed E-state index contributed by atoms with van der Waals surface area (Å²) >= 11 is 0. The van der Waals surface area contributed by atoms with E-state index in [4.69, 9.17) is 12.6 Å². The van der Waals surface area contributed by atoms with Crippen molar-refractivity contribution in [2.24, 2.45) is 0 Å². The first-order valence-corrected chi connectivity index (χ1v) is 13.6. The van der Waals surface area contributed by atoms with E-state index in [0.29, 0.717) is 16.8 Å². The molecule has 6 rings (SSSR count). The lowest BCUT2D eigenvalue weighted by Crippen LogP contribution is -2.43. The Labute approximate surface area is 241 Å². The molecule has 0 saturated carbocycles. The van der Waals surface area contributed by atoms with Gasteiger partial charge in [0.1, 0.15) is 11.3 Å². The summed E-state index contributed by atoms with van der Waals surface area (Å²) in [5.74, 6) is 0.833. The van der Waals surface area contributed by atoms with Crippen molar-refractivity contribution in [2.75, 3.05) is 0 Å². The minimum Gasteiger partial charge on any atom is -0.456 e. The maximum Gasteiger partial charge on any atom is 0.139 e. The van der Waals surface area contributed by atoms with Gasteiger partial charge in [0.25, 0.3) is 0 Å². The SMILES string of the molecule is [2H]C([2H])([2H])c1cnc(-c2ccc3c(c2)-c2oc4ccccc4c2C(C)(C)C3(C)C)cc1-c1ccc(C(C)(C)C)cc1C([2H])([2H])[2H]. The first-order valence-electron chi connectivity index (χ1n) is 16.6. The molecule has 0 fully saturated rings. The van der Waals surface area contributed by atoms with Crippen molar-refractivity contribution in [3.63, 3.8) is 0 Å². The van der Waals surface area contributed by atoms with Crippen molar-refractivity contribution in [3.05, 3.63) is 101 Å². The standard InChI is InChI=1S/C37H39NO/c1-22-18-25(35(3,4)5)15-16-26(22)28-20-31(38-21-23(28)2)24-14-17-30-29(19-24)34-33(37(8,9)36(30,6)7)27-12-10-11-13-32(27)39-34/h10-21H,1-9H3/i1D3,2D3. The lowest BCUT2D eigenvalue weighted by molar-refractivity contribution is 0.297. The van der Waals surface area contributed by atoms with Crippen LogP contribution >= 0.6 is 0 Å². The fraction of sp³-hybridized carbons (Fsp3) is 0.324. The molecule has 0 bridgehead atoms. The molecule has 3 aromatic carbocycles. The average molecular weight is 520 g/mol. The molecule has 0 saturated heterocycles. The second-order valence-corrected chi connectivity index (χ2v) is 12.9. The number of rotatable bonds is 2. The smallest absolute Gasteiger partial charge is 0.139 e. The van der Waals surface area contributed by atoms with Crippen molar-refractivity contribution < 1.29 is 12.6 Å². The quantitative estimate of drug-likeness (QED) is 0.232. The molecular formula is C37H39NO. The van der Waals surface area contributed by atoms with Gasteiger partial charge in [-0.2, -0.15) is 0 Å². The number of pyridine rings is 1. The lowest BCUT2D eigenvalue weighted by Gasteiger charge is -2.46. The molecule has 2 aromatic heterocycles. The van der Waals surface area contributed by atoms with E-state index in [1.807, 2.05) is 51.1 Å². The zero-order valence-electron chi connectivity index (χ0n) is 29.8. The van der Waals surface area contributed by atoms with Gasteiger partial charge in [0.15, 0.2) is 0 Å². The summed E-state index contributed by atoms with van der Waals surface area (Å²) in [6.45, 7) is 10.2. The number of hydrogen-bond acceptors (Lipinski definition) is 2. The molecule has 1 aliphatic rings. The van der Waals surface area contributed by atoms with Gasteiger partial charge in [-0.1, -0.05) is 97.0 Å². The van der Waals surface area contributed by atoms with Gasteiger partial charge >= 0.3 is 0 Å². The van der Waals surface area contributed by atoms with Crippen LogP contribution in [0.1, 0.15) is 84.5 Å². The van der Waals surface area contributed by atoms with Crippen LogP contribution in [0.2, 0.25) is 0 Å². The highest BCUT2D eigenvalue weighted by molar-refractivity contribution is 5.93. The minimum atomic E-state index is -2.50. The first kappa shape index (κ1) is 19.4. The highest BCUT2D eigenvalue weighted by atomic mass is 16.3. The van der Waals surface area contributed by atoms with Gasteiger partial charge < -0.3 is 4.42 Å². The Hall–Kier alpha value is -3.65. The van der Waals surface area contributed by atoms with Crippen LogP contribution in [0, 0.1) is 13.7 Å². The summed E-state index contributed by atoms with van der Waals surface area (Å²) in [6, 6.07) is 21.4. The summed E-state index contributed by atoms with van der Waals surface area (Å²) in [7, 11) is 0. The molecule has 0 aliphatic heterocycles. The predicted octanol–water partition coefficient (Wildman–Crippen LogP) is 10.3. The summed E-state index contributed by atoms with van der Waals surface area (Å²) < 4.78 is 56.5. The van der Waals surface area contributed by atoms with Gasteiger partial charge in [-0.15, -0.1) is 0 Å². The molecule has 2 heterocycles. The maximum atomic E-state index is 8.36. The fourth-order valence-corrected chi connectivity index (χ4v) is 6.02. The van der Waals surface area contributed by atoms with Crippen LogP contribution in [0.3, 0.4) is 0 Å². The number of nitrogens with zero attached hydrogens (tertiary/aromatic N) is 1. The second kappa shape index (κ2) is 8.42. The van der Waals surface area contributed by atoms with Crippen LogP contribution in [0.15, 0.2) is 77.3 Å². The topological polar surface area (TPSA) is 26.0 Å². The van der Waals surface area contributed by atoms with Gasteiger partial charge in [-0.05, 0) is 76.1 Å². The normalized spacial score (nSPS) is 18.6. The Bertz CT molecular complexity index is 1970. The van der Waals surface area contributed by atoms with E-state index in [1.54, 1.807) is 18.2 Å². The molecule has 2 nitrogen and oxygen atoms in total. The molecule has 0 radical (unpaired) electrons. The Balaban J connectivity index is 1.59. The molecule has 198 valence electrons. The van der Waals surface area contributed by atoms with Crippen LogP contribution in [0.25, 0.3) is 44.7 Å². The number of fused-ring (bicyclic) bond motifs is 5. The largest absolute Gasteiger partial charge is 0.456 e. The number of aryl methyl sites for hydroxylation is 2. The molecule has 0 N–H and O–H groups in total. The van der Waals surface area contributed by atoms with E-state index in [1.165, 1.54) is 11.8 Å². The fourth-order valence-electron chi connectivity index (χ4n) is 6.02. The molecule has 0 spiro atoms. The lowest BCUT2D eigenvalue weighted by atomic mass is 9.56. The van der Waals surface area contributed by atoms with E-state index in [9.17, 15) is 0 Å². The van der Waals surface area contributed by atoms with Crippen molar-refractivity contribution in [2.45, 2.75) is 78.4 Å². The Morgan fingerprint density at radius 3 is 2.28 bits per heavy atom. The third kappa shape index (κ3) is 3.79. The van der Waals surface area contributed by atoms with E-state index >= 15 is 0 Å². The number of benzene rings is 3. The van der Waals surface area contributed by atoms with Gasteiger partial charge in [0.2, 0.25) is 0 Å². The van der Waals surface area contributed by atoms with Crippen molar-refractivity contribution in [1.82, 2.24) is 4.98 Å². The zero-order valence-corrected chi connectivity index (χ0v) is 23.8. The van der Waals surface area contributed by atoms with Gasteiger partial charge in [0, 0.05) is 41.9 Å². The van der Waals surface area contributed by atoms with Gasteiger partial charge in [-0.3, -0.25) is 4.98 Å². The average Bonchev–Trinajstić information content (AvgIpc) is 3.35. The van der Waals surface area contributed by atoms with E-state index in [-0.39, 0.29) is 27.4 Å². The molecule has 2 heteroatoms. The number of furan rings is 1. The third-order valence-electron chi connectivity index (χ3n) is 9.10. The van der Waals surface area contributed by atoms with Crippen molar-refractivity contribution in [1.29, 1.82) is 0 Å². The summed E-state index contributed by atoms with van der Waals surface area (Å²) in [6.07, 6.45) is 1.37. The molecule has 0 atom stereocenters. The highest BCUT2D eigenvalue weighted by Crippen LogP contribution is 2.57. The van der Waals surface area contributed by atoms with Gasteiger partial charge in [-0.25, -0.2) is 0 Å². The zero-order chi connectivity index (χ0) is 32.9. The third-order valence-corrected chi connectivity index (χ3v) is 9.10. The van der Waals surface area contributed by atoms with Crippen molar-refractivity contribution in [3.8, 4) is 33.7 Å². The molecule has 39 heavy (non-hydrogen) atoms. The van der Waals surface area contributed by atoms with Crippen molar-refractivity contribution >= 4 is 11.0 Å². The van der Waals surface area contributed by atoms with Crippen LogP contribution in [0.4, 0.5) is 0 Å². The Morgan fingerprint density at radius 1 is 0.769 bits per heavy atom. The van der Waals surface area contributed by atoms with E-state index < -0.39 is 13.7 Å². The summed E-state index contributed by atoms with van der Waals surface area (Å²) in [5.41, 5.74) is 6.46. The Morgan fingerprint density at radius 2 is 1.54 bits per heavy atom. The number of aromatic nitrogens is 1. The molecular weight excluding hydrogens is 474 g/mol. The predicted molar refractivity (Wildman–Crippen MR) is 165 cm³/mol. The minimum absolute atomic E-state index is 0.0145. The van der Waals surface area contributed by atoms with E-state index in [0.717, 1.165) is 39.0 Å². The second-order valence-electron chi connectivity index (χ2n) is 12.9. The van der Waals surface area contributed by atoms with Gasteiger partial charge in [0.05, 0.1) is 5.69 Å². The summed E-state index contributed by atoms with van der Waals surface area (Å²) in [4.78, 5) is 4.63. The van der Waals surface area contributed by atoms with Crippen LogP contribution in [-0.2, 0) is 16.2 Å². The first-order chi connectivity index (χ1) is 20.7. The number of para-hydroxylation sites is 1. The highest BCUT2D eigenvalue weighted by Gasteiger charge is 2.48. The van der Waals surface area contributed by atoms with Crippen LogP contribution < -0.4 is 0 Å².